The van der Waals surface area contributed by atoms with Crippen molar-refractivity contribution >= 4 is 21.8 Å². The van der Waals surface area contributed by atoms with Crippen molar-refractivity contribution in [2.45, 2.75) is 71.0 Å². The third-order valence-electron chi connectivity index (χ3n) is 8.91. The number of sulfonamides is 1. The molecule has 192 valence electrons. The van der Waals surface area contributed by atoms with E-state index in [0.29, 0.717) is 18.5 Å². The molecule has 35 heavy (non-hydrogen) atoms. The second-order valence-electron chi connectivity index (χ2n) is 11.5. The minimum absolute atomic E-state index is 0.0502. The lowest BCUT2D eigenvalue weighted by molar-refractivity contribution is -0.129. The molecule has 3 heterocycles. The molecule has 0 bridgehead atoms. The molecule has 2 amide bonds. The van der Waals surface area contributed by atoms with Crippen LogP contribution in [0.5, 0.6) is 0 Å². The lowest BCUT2D eigenvalue weighted by Crippen LogP contribution is -2.44. The minimum atomic E-state index is -3.67. The highest BCUT2D eigenvalue weighted by Crippen LogP contribution is 2.42. The third kappa shape index (κ3) is 4.64. The summed E-state index contributed by atoms with van der Waals surface area (Å²) in [6.07, 6.45) is 8.42. The summed E-state index contributed by atoms with van der Waals surface area (Å²) in [6, 6.07) is 7.03. The van der Waals surface area contributed by atoms with Crippen molar-refractivity contribution in [3.8, 4) is 0 Å². The summed E-state index contributed by atoms with van der Waals surface area (Å²) in [5.41, 5.74) is 1.82. The Labute approximate surface area is 209 Å². The van der Waals surface area contributed by atoms with Crippen LogP contribution >= 0.6 is 0 Å². The maximum atomic E-state index is 13.5. The average Bonchev–Trinajstić information content (AvgIpc) is 3.35. The summed E-state index contributed by atoms with van der Waals surface area (Å²) in [5, 5.41) is 0. The molecular formula is C27H39N3O4S. The molecule has 8 heteroatoms. The number of benzene rings is 1. The molecule has 0 N–H and O–H groups in total. The molecule has 1 aliphatic carbocycles. The molecule has 2 unspecified atom stereocenters. The van der Waals surface area contributed by atoms with Gasteiger partial charge < -0.3 is 4.90 Å². The van der Waals surface area contributed by atoms with Crippen molar-refractivity contribution in [1.82, 2.24) is 14.1 Å². The molecule has 1 saturated carbocycles. The summed E-state index contributed by atoms with van der Waals surface area (Å²) in [7, 11) is -3.67. The molecule has 7 nitrogen and oxygen atoms in total. The highest BCUT2D eigenvalue weighted by molar-refractivity contribution is 7.88. The third-order valence-corrected chi connectivity index (χ3v) is 10.1. The number of hydrogen-bond acceptors (Lipinski definition) is 5. The zero-order chi connectivity index (χ0) is 24.9. The second kappa shape index (κ2) is 9.51. The van der Waals surface area contributed by atoms with Crippen molar-refractivity contribution in [3.05, 3.63) is 35.4 Å². The van der Waals surface area contributed by atoms with Crippen LogP contribution in [0.3, 0.4) is 0 Å². The molecule has 0 aromatic heterocycles. The van der Waals surface area contributed by atoms with Crippen molar-refractivity contribution < 1.29 is 18.0 Å². The van der Waals surface area contributed by atoms with Crippen LogP contribution in [0.1, 0.15) is 68.3 Å². The molecule has 0 spiro atoms. The Morgan fingerprint density at radius 1 is 1.00 bits per heavy atom. The molecule has 4 fully saturated rings. The predicted molar refractivity (Wildman–Crippen MR) is 135 cm³/mol. The molecule has 1 aromatic rings. The van der Waals surface area contributed by atoms with E-state index in [2.05, 4.69) is 17.0 Å². The first kappa shape index (κ1) is 24.8. The molecule has 0 radical (unpaired) electrons. The van der Waals surface area contributed by atoms with Crippen LogP contribution in [0, 0.1) is 23.7 Å². The molecule has 4 aliphatic rings. The van der Waals surface area contributed by atoms with E-state index in [0.717, 1.165) is 35.5 Å². The maximum Gasteiger partial charge on any atom is 0.254 e. The number of amides is 2. The van der Waals surface area contributed by atoms with Gasteiger partial charge in [0.2, 0.25) is 15.9 Å². The fraction of sp³-hybridized carbons (Fsp3) is 0.704. The molecule has 3 aliphatic heterocycles. The number of carbonyl (C=O) groups excluding carboxylic acids is 2. The van der Waals surface area contributed by atoms with Crippen molar-refractivity contribution in [2.75, 3.05) is 25.9 Å². The van der Waals surface area contributed by atoms with Crippen LogP contribution in [0.25, 0.3) is 0 Å². The first-order chi connectivity index (χ1) is 16.6. The summed E-state index contributed by atoms with van der Waals surface area (Å²) >= 11 is 0. The number of hydrogen-bond donors (Lipinski definition) is 0. The smallest absolute Gasteiger partial charge is 0.254 e. The topological polar surface area (TPSA) is 78.0 Å². The zero-order valence-electron chi connectivity index (χ0n) is 21.2. The van der Waals surface area contributed by atoms with Crippen LogP contribution in [0.2, 0.25) is 0 Å². The summed E-state index contributed by atoms with van der Waals surface area (Å²) < 4.78 is 25.8. The van der Waals surface area contributed by atoms with Gasteiger partial charge in [-0.05, 0) is 61.3 Å². The standard InChI is InChI=1S/C27H39N3O4S/c1-18(2)24-25-23(30(27(24)32)35(3,33)34)13-15-29(25)26(31)21-10-8-19(9-11-21)16-28-14-12-20-6-4-5-7-22(20)17-28/h8-11,18,20,22-25H,4-7,12-17H2,1-3H3/t20?,22?,23-,24+,25-/m0/s1. The molecule has 3 saturated heterocycles. The van der Waals surface area contributed by atoms with Crippen molar-refractivity contribution in [3.63, 3.8) is 0 Å². The van der Waals surface area contributed by atoms with Gasteiger partial charge >= 0.3 is 0 Å². The van der Waals surface area contributed by atoms with Crippen LogP contribution in [-0.4, -0.2) is 72.3 Å². The SMILES string of the molecule is CC(C)[C@H]1C(=O)N(S(C)(=O)=O)[C@H]2CCN(C(=O)c3ccc(CN4CCC5CCCCC5C4)cc3)[C@H]12. The normalized spacial score (nSPS) is 31.7. The lowest BCUT2D eigenvalue weighted by Gasteiger charge is -2.41. The quantitative estimate of drug-likeness (QED) is 0.618. The monoisotopic (exact) mass is 501 g/mol. The van der Waals surface area contributed by atoms with E-state index in [9.17, 15) is 18.0 Å². The Kier molecular flexibility index (Phi) is 6.72. The van der Waals surface area contributed by atoms with Gasteiger partial charge in [-0.15, -0.1) is 0 Å². The maximum absolute atomic E-state index is 13.5. The van der Waals surface area contributed by atoms with E-state index in [1.54, 1.807) is 4.90 Å². The Morgan fingerprint density at radius 2 is 1.69 bits per heavy atom. The van der Waals surface area contributed by atoms with E-state index in [1.807, 2.05) is 26.0 Å². The summed E-state index contributed by atoms with van der Waals surface area (Å²) in [5.74, 6) is 0.734. The number of fused-ring (bicyclic) bond motifs is 2. The van der Waals surface area contributed by atoms with Crippen LogP contribution in [-0.2, 0) is 21.4 Å². The van der Waals surface area contributed by atoms with Gasteiger partial charge in [-0.3, -0.25) is 14.5 Å². The van der Waals surface area contributed by atoms with E-state index < -0.39 is 28.0 Å². The molecule has 1 aromatic carbocycles. The zero-order valence-corrected chi connectivity index (χ0v) is 22.0. The van der Waals surface area contributed by atoms with Gasteiger partial charge in [-0.2, -0.15) is 0 Å². The van der Waals surface area contributed by atoms with E-state index in [4.69, 9.17) is 0 Å². The van der Waals surface area contributed by atoms with Gasteiger partial charge in [0.1, 0.15) is 0 Å². The fourth-order valence-electron chi connectivity index (χ4n) is 7.27. The summed E-state index contributed by atoms with van der Waals surface area (Å²) in [4.78, 5) is 30.9. The number of nitrogens with zero attached hydrogens (tertiary/aromatic N) is 3. The Morgan fingerprint density at radius 3 is 2.34 bits per heavy atom. The fourth-order valence-corrected chi connectivity index (χ4v) is 8.44. The highest BCUT2D eigenvalue weighted by atomic mass is 32.2. The second-order valence-corrected chi connectivity index (χ2v) is 13.4. The number of rotatable bonds is 5. The number of piperidine rings is 1. The first-order valence-corrected chi connectivity index (χ1v) is 15.2. The first-order valence-electron chi connectivity index (χ1n) is 13.3. The van der Waals surface area contributed by atoms with Gasteiger partial charge in [0.25, 0.3) is 5.91 Å². The van der Waals surface area contributed by atoms with Gasteiger partial charge in [-0.25, -0.2) is 12.7 Å². The van der Waals surface area contributed by atoms with Crippen LogP contribution < -0.4 is 0 Å². The highest BCUT2D eigenvalue weighted by Gasteiger charge is 2.58. The molecular weight excluding hydrogens is 462 g/mol. The van der Waals surface area contributed by atoms with Gasteiger partial charge in [-0.1, -0.05) is 45.2 Å². The lowest BCUT2D eigenvalue weighted by atomic mass is 9.75. The Bertz CT molecular complexity index is 1070. The summed E-state index contributed by atoms with van der Waals surface area (Å²) in [6.45, 7) is 7.58. The van der Waals surface area contributed by atoms with Gasteiger partial charge in [0.05, 0.1) is 24.3 Å². The van der Waals surface area contributed by atoms with E-state index in [1.165, 1.54) is 44.2 Å². The largest absolute Gasteiger partial charge is 0.333 e. The number of likely N-dealkylation sites (tertiary alicyclic amines) is 2. The Hall–Kier alpha value is -1.93. The average molecular weight is 502 g/mol. The van der Waals surface area contributed by atoms with E-state index >= 15 is 0 Å². The Balaban J connectivity index is 1.28. The van der Waals surface area contributed by atoms with Crippen molar-refractivity contribution in [1.29, 1.82) is 0 Å². The molecule has 5 rings (SSSR count). The predicted octanol–water partition coefficient (Wildman–Crippen LogP) is 3.36. The van der Waals surface area contributed by atoms with Crippen LogP contribution in [0.4, 0.5) is 0 Å². The number of carbonyl (C=O) groups is 2. The van der Waals surface area contributed by atoms with E-state index in [-0.39, 0.29) is 17.7 Å². The minimum Gasteiger partial charge on any atom is -0.333 e. The van der Waals surface area contributed by atoms with Crippen LogP contribution in [0.15, 0.2) is 24.3 Å². The van der Waals surface area contributed by atoms with Gasteiger partial charge in [0, 0.05) is 25.2 Å². The van der Waals surface area contributed by atoms with Gasteiger partial charge in [0.15, 0.2) is 0 Å². The van der Waals surface area contributed by atoms with Crippen molar-refractivity contribution in [2.24, 2.45) is 23.7 Å². The molecule has 5 atom stereocenters.